The minimum atomic E-state index is -1.02. The molecule has 20 heavy (non-hydrogen) atoms. The second kappa shape index (κ2) is 6.27. The lowest BCUT2D eigenvalue weighted by Crippen LogP contribution is -2.45. The highest BCUT2D eigenvalue weighted by atomic mass is 16.4. The number of benzene rings is 1. The maximum Gasteiger partial charge on any atom is 0.335 e. The molecule has 0 fully saturated rings. The minimum Gasteiger partial charge on any atom is -0.478 e. The van der Waals surface area contributed by atoms with Crippen LogP contribution in [0.25, 0.3) is 0 Å². The van der Waals surface area contributed by atoms with E-state index in [4.69, 9.17) is 10.8 Å². The van der Waals surface area contributed by atoms with Crippen molar-refractivity contribution >= 4 is 23.3 Å². The Morgan fingerprint density at radius 2 is 1.95 bits per heavy atom. The van der Waals surface area contributed by atoms with Crippen LogP contribution in [0.5, 0.6) is 0 Å². The smallest absolute Gasteiger partial charge is 0.335 e. The van der Waals surface area contributed by atoms with Gasteiger partial charge in [-0.05, 0) is 32.0 Å². The van der Waals surface area contributed by atoms with Crippen LogP contribution in [-0.2, 0) is 4.79 Å². The van der Waals surface area contributed by atoms with Crippen LogP contribution in [0.3, 0.4) is 0 Å². The second-order valence-electron chi connectivity index (χ2n) is 4.77. The van der Waals surface area contributed by atoms with Gasteiger partial charge >= 0.3 is 5.97 Å². The second-order valence-corrected chi connectivity index (χ2v) is 4.77. The average Bonchev–Trinajstić information content (AvgIpc) is 2.39. The first-order chi connectivity index (χ1) is 9.29. The fraction of sp³-hybridized carbons (Fsp3) is 0.429. The average molecular weight is 279 g/mol. The summed E-state index contributed by atoms with van der Waals surface area (Å²) in [5.41, 5.74) is 7.07. The summed E-state index contributed by atoms with van der Waals surface area (Å²) in [6.45, 7) is 4.32. The number of aromatic carboxylic acids is 1. The zero-order chi connectivity index (χ0) is 15.4. The quantitative estimate of drug-likeness (QED) is 0.793. The van der Waals surface area contributed by atoms with Gasteiger partial charge in [-0.1, -0.05) is 0 Å². The number of carboxylic acids is 1. The molecule has 6 heteroatoms. The van der Waals surface area contributed by atoms with Crippen molar-refractivity contribution in [2.45, 2.75) is 19.9 Å². The molecule has 3 N–H and O–H groups in total. The molecule has 1 aromatic carbocycles. The number of anilines is 2. The number of rotatable bonds is 5. The molecule has 0 aliphatic rings. The van der Waals surface area contributed by atoms with Crippen molar-refractivity contribution in [1.82, 2.24) is 4.90 Å². The number of carbonyl (C=O) groups excluding carboxylic acids is 1. The molecule has 0 radical (unpaired) electrons. The van der Waals surface area contributed by atoms with E-state index < -0.39 is 5.97 Å². The van der Waals surface area contributed by atoms with Gasteiger partial charge in [0.2, 0.25) is 5.91 Å². The summed E-state index contributed by atoms with van der Waals surface area (Å²) >= 11 is 0. The highest BCUT2D eigenvalue weighted by molar-refractivity contribution is 5.91. The van der Waals surface area contributed by atoms with Crippen molar-refractivity contribution in [2.24, 2.45) is 0 Å². The number of nitrogens with two attached hydrogens (primary N) is 1. The molecule has 6 nitrogen and oxygen atoms in total. The summed E-state index contributed by atoms with van der Waals surface area (Å²) < 4.78 is 0. The number of nitrogens with zero attached hydrogens (tertiary/aromatic N) is 2. The SMILES string of the molecule is CCN(c1ccc(C(=O)O)cc1N)C(C)C(=O)N(C)C. The zero-order valence-corrected chi connectivity index (χ0v) is 12.3. The van der Waals surface area contributed by atoms with Gasteiger partial charge in [0.25, 0.3) is 0 Å². The molecule has 0 saturated heterocycles. The first-order valence-corrected chi connectivity index (χ1v) is 6.40. The van der Waals surface area contributed by atoms with E-state index in [1.165, 1.54) is 17.0 Å². The van der Waals surface area contributed by atoms with Gasteiger partial charge in [-0.15, -0.1) is 0 Å². The van der Waals surface area contributed by atoms with E-state index in [0.29, 0.717) is 17.9 Å². The normalized spacial score (nSPS) is 11.8. The van der Waals surface area contributed by atoms with Crippen LogP contribution in [0.4, 0.5) is 11.4 Å². The molecular weight excluding hydrogens is 258 g/mol. The Kier molecular flexibility index (Phi) is 4.96. The van der Waals surface area contributed by atoms with E-state index in [1.807, 2.05) is 11.8 Å². The number of hydrogen-bond acceptors (Lipinski definition) is 4. The Bertz CT molecular complexity index is 514. The highest BCUT2D eigenvalue weighted by Gasteiger charge is 2.23. The summed E-state index contributed by atoms with van der Waals surface area (Å²) in [5, 5.41) is 8.94. The van der Waals surface area contributed by atoms with Crippen LogP contribution >= 0.6 is 0 Å². The number of hydrogen-bond donors (Lipinski definition) is 2. The van der Waals surface area contributed by atoms with E-state index >= 15 is 0 Å². The predicted octanol–water partition coefficient (Wildman–Crippen LogP) is 1.27. The number of likely N-dealkylation sites (N-methyl/N-ethyl adjacent to an activating group) is 2. The Morgan fingerprint density at radius 3 is 2.35 bits per heavy atom. The molecule has 1 atom stereocenters. The molecule has 0 aliphatic carbocycles. The number of nitrogen functional groups attached to an aromatic ring is 1. The van der Waals surface area contributed by atoms with Gasteiger partial charge in [-0.2, -0.15) is 0 Å². The van der Waals surface area contributed by atoms with E-state index in [0.717, 1.165) is 0 Å². The van der Waals surface area contributed by atoms with E-state index in [1.54, 1.807) is 27.1 Å². The Morgan fingerprint density at radius 1 is 1.35 bits per heavy atom. The Balaban J connectivity index is 3.13. The van der Waals surface area contributed by atoms with Crippen LogP contribution in [0.2, 0.25) is 0 Å². The lowest BCUT2D eigenvalue weighted by atomic mass is 10.1. The van der Waals surface area contributed by atoms with E-state index in [2.05, 4.69) is 0 Å². The van der Waals surface area contributed by atoms with Crippen LogP contribution < -0.4 is 10.6 Å². The Hall–Kier alpha value is -2.24. The zero-order valence-electron chi connectivity index (χ0n) is 12.3. The van der Waals surface area contributed by atoms with Crippen molar-refractivity contribution in [2.75, 3.05) is 31.3 Å². The predicted molar refractivity (Wildman–Crippen MR) is 79.0 cm³/mol. The monoisotopic (exact) mass is 279 g/mol. The first-order valence-electron chi connectivity index (χ1n) is 6.40. The molecule has 0 aromatic heterocycles. The molecular formula is C14H21N3O3. The third-order valence-electron chi connectivity index (χ3n) is 3.19. The fourth-order valence-electron chi connectivity index (χ4n) is 2.11. The van der Waals surface area contributed by atoms with Crippen molar-refractivity contribution in [3.05, 3.63) is 23.8 Å². The van der Waals surface area contributed by atoms with Gasteiger partial charge in [-0.25, -0.2) is 4.79 Å². The number of carbonyl (C=O) groups is 2. The van der Waals surface area contributed by atoms with Crippen molar-refractivity contribution in [3.63, 3.8) is 0 Å². The Labute approximate surface area is 118 Å². The lowest BCUT2D eigenvalue weighted by molar-refractivity contribution is -0.129. The van der Waals surface area contributed by atoms with E-state index in [9.17, 15) is 9.59 Å². The maximum absolute atomic E-state index is 12.1. The molecule has 1 amide bonds. The van der Waals surface area contributed by atoms with Gasteiger partial charge in [0.15, 0.2) is 0 Å². The number of carboxylic acid groups (broad SMARTS) is 1. The van der Waals surface area contributed by atoms with Gasteiger partial charge < -0.3 is 20.6 Å². The third-order valence-corrected chi connectivity index (χ3v) is 3.19. The van der Waals surface area contributed by atoms with Crippen molar-refractivity contribution in [3.8, 4) is 0 Å². The maximum atomic E-state index is 12.1. The molecule has 1 unspecified atom stereocenters. The molecule has 1 aromatic rings. The van der Waals surface area contributed by atoms with Crippen molar-refractivity contribution in [1.29, 1.82) is 0 Å². The minimum absolute atomic E-state index is 0.0337. The summed E-state index contributed by atoms with van der Waals surface area (Å²) in [4.78, 5) is 26.3. The van der Waals surface area contributed by atoms with Crippen LogP contribution in [-0.4, -0.2) is 48.6 Å². The van der Waals surface area contributed by atoms with Gasteiger partial charge in [0.1, 0.15) is 6.04 Å². The molecule has 0 heterocycles. The van der Waals surface area contributed by atoms with Crippen LogP contribution in [0.15, 0.2) is 18.2 Å². The molecule has 110 valence electrons. The topological polar surface area (TPSA) is 86.9 Å². The third kappa shape index (κ3) is 3.20. The molecule has 0 bridgehead atoms. The van der Waals surface area contributed by atoms with E-state index in [-0.39, 0.29) is 17.5 Å². The van der Waals surface area contributed by atoms with Crippen LogP contribution in [0.1, 0.15) is 24.2 Å². The summed E-state index contributed by atoms with van der Waals surface area (Å²) in [6, 6.07) is 4.17. The lowest BCUT2D eigenvalue weighted by Gasteiger charge is -2.31. The van der Waals surface area contributed by atoms with Crippen LogP contribution in [0, 0.1) is 0 Å². The standard InChI is InChI=1S/C14H21N3O3/c1-5-17(9(2)13(18)16(3)4)12-7-6-10(14(19)20)8-11(12)15/h6-9H,5,15H2,1-4H3,(H,19,20). The highest BCUT2D eigenvalue weighted by Crippen LogP contribution is 2.26. The first kappa shape index (κ1) is 15.8. The van der Waals surface area contributed by atoms with Gasteiger partial charge in [0, 0.05) is 20.6 Å². The van der Waals surface area contributed by atoms with Crippen molar-refractivity contribution < 1.29 is 14.7 Å². The molecule has 0 aliphatic heterocycles. The molecule has 0 spiro atoms. The number of amides is 1. The summed E-state index contributed by atoms with van der Waals surface area (Å²) in [7, 11) is 3.40. The summed E-state index contributed by atoms with van der Waals surface area (Å²) in [6.07, 6.45) is 0. The molecule has 0 saturated carbocycles. The summed E-state index contributed by atoms with van der Waals surface area (Å²) in [5.74, 6) is -1.06. The largest absolute Gasteiger partial charge is 0.478 e. The van der Waals surface area contributed by atoms with Gasteiger partial charge in [0.05, 0.1) is 16.9 Å². The fourth-order valence-corrected chi connectivity index (χ4v) is 2.11. The van der Waals surface area contributed by atoms with Gasteiger partial charge in [-0.3, -0.25) is 4.79 Å². The molecule has 1 rings (SSSR count).